The van der Waals surface area contributed by atoms with Crippen LogP contribution >= 0.6 is 12.6 Å². The smallest absolute Gasteiger partial charge is 0.123 e. The van der Waals surface area contributed by atoms with Gasteiger partial charge in [-0.05, 0) is 31.2 Å². The summed E-state index contributed by atoms with van der Waals surface area (Å²) in [5.41, 5.74) is 1.05. The van der Waals surface area contributed by atoms with E-state index in [9.17, 15) is 4.39 Å². The molecular weight excluding hydrogens is 197 g/mol. The van der Waals surface area contributed by atoms with Crippen LogP contribution in [-0.2, 0) is 6.42 Å². The van der Waals surface area contributed by atoms with Crippen molar-refractivity contribution in [1.82, 2.24) is 4.90 Å². The highest BCUT2D eigenvalue weighted by Gasteiger charge is 1.99. The zero-order valence-corrected chi connectivity index (χ0v) is 9.30. The molecule has 0 unspecified atom stereocenters. The van der Waals surface area contributed by atoms with Gasteiger partial charge >= 0.3 is 0 Å². The molecule has 0 amide bonds. The molecule has 0 atom stereocenters. The number of benzene rings is 1. The van der Waals surface area contributed by atoms with Crippen molar-refractivity contribution in [2.45, 2.75) is 6.42 Å². The molecule has 0 radical (unpaired) electrons. The van der Waals surface area contributed by atoms with Crippen molar-refractivity contribution >= 4 is 12.6 Å². The predicted molar refractivity (Wildman–Crippen MR) is 61.5 cm³/mol. The van der Waals surface area contributed by atoms with Crippen molar-refractivity contribution in [3.8, 4) is 0 Å². The average molecular weight is 213 g/mol. The fourth-order valence-corrected chi connectivity index (χ4v) is 1.64. The third kappa shape index (κ3) is 4.11. The topological polar surface area (TPSA) is 3.24 Å². The minimum Gasteiger partial charge on any atom is -0.305 e. The number of likely N-dealkylation sites (N-methyl/N-ethyl adjacent to an activating group) is 1. The molecule has 0 aliphatic heterocycles. The van der Waals surface area contributed by atoms with E-state index in [1.165, 1.54) is 6.07 Å². The van der Waals surface area contributed by atoms with E-state index in [4.69, 9.17) is 0 Å². The fourth-order valence-electron chi connectivity index (χ4n) is 1.29. The number of hydrogen-bond donors (Lipinski definition) is 1. The van der Waals surface area contributed by atoms with Gasteiger partial charge in [0.2, 0.25) is 0 Å². The van der Waals surface area contributed by atoms with Crippen LogP contribution in [-0.4, -0.2) is 30.8 Å². The van der Waals surface area contributed by atoms with Gasteiger partial charge in [-0.2, -0.15) is 12.6 Å². The number of nitrogens with zero attached hydrogens (tertiary/aromatic N) is 1. The van der Waals surface area contributed by atoms with E-state index in [0.717, 1.165) is 30.8 Å². The molecule has 1 aromatic carbocycles. The third-order valence-electron chi connectivity index (χ3n) is 2.15. The van der Waals surface area contributed by atoms with Gasteiger partial charge in [0.15, 0.2) is 0 Å². The van der Waals surface area contributed by atoms with Crippen molar-refractivity contribution in [2.75, 3.05) is 25.9 Å². The Morgan fingerprint density at radius 2 is 2.14 bits per heavy atom. The van der Waals surface area contributed by atoms with Crippen molar-refractivity contribution < 1.29 is 4.39 Å². The van der Waals surface area contributed by atoms with Gasteiger partial charge in [0.05, 0.1) is 0 Å². The predicted octanol–water partition coefficient (Wildman–Crippen LogP) is 2.23. The summed E-state index contributed by atoms with van der Waals surface area (Å²) in [6.07, 6.45) is 0.891. The maximum absolute atomic E-state index is 12.8. The molecule has 3 heteroatoms. The first-order valence-corrected chi connectivity index (χ1v) is 5.39. The summed E-state index contributed by atoms with van der Waals surface area (Å²) >= 11 is 4.15. The first-order chi connectivity index (χ1) is 6.72. The molecule has 78 valence electrons. The Balaban J connectivity index is 2.37. The Hall–Kier alpha value is -0.540. The van der Waals surface area contributed by atoms with E-state index in [1.54, 1.807) is 12.1 Å². The summed E-state index contributed by atoms with van der Waals surface area (Å²) in [5.74, 6) is 0.707. The Morgan fingerprint density at radius 1 is 1.36 bits per heavy atom. The molecule has 0 N–H and O–H groups in total. The zero-order valence-electron chi connectivity index (χ0n) is 8.41. The van der Waals surface area contributed by atoms with Crippen LogP contribution in [0.2, 0.25) is 0 Å². The lowest BCUT2D eigenvalue weighted by atomic mass is 10.1. The quantitative estimate of drug-likeness (QED) is 0.734. The van der Waals surface area contributed by atoms with Crippen LogP contribution < -0.4 is 0 Å². The van der Waals surface area contributed by atoms with Gasteiger partial charge < -0.3 is 4.90 Å². The monoisotopic (exact) mass is 213 g/mol. The van der Waals surface area contributed by atoms with E-state index < -0.39 is 0 Å². The number of hydrogen-bond acceptors (Lipinski definition) is 2. The normalized spacial score (nSPS) is 10.9. The van der Waals surface area contributed by atoms with Crippen LogP contribution in [0, 0.1) is 5.82 Å². The number of halogens is 1. The molecule has 0 aliphatic rings. The van der Waals surface area contributed by atoms with Gasteiger partial charge in [-0.3, -0.25) is 0 Å². The molecule has 1 aromatic rings. The standard InChI is InChI=1S/C11H16FNS/c1-13(7-8-14)6-5-10-3-2-4-11(12)9-10/h2-4,9,14H,5-8H2,1H3. The highest BCUT2D eigenvalue weighted by molar-refractivity contribution is 7.80. The summed E-state index contributed by atoms with van der Waals surface area (Å²) in [6, 6.07) is 6.77. The van der Waals surface area contributed by atoms with Crippen LogP contribution in [0.1, 0.15) is 5.56 Å². The summed E-state index contributed by atoms with van der Waals surface area (Å²) in [4.78, 5) is 2.19. The molecule has 0 aliphatic carbocycles. The Kier molecular flexibility index (Phi) is 4.98. The second kappa shape index (κ2) is 6.04. The molecule has 1 rings (SSSR count). The lowest BCUT2D eigenvalue weighted by Crippen LogP contribution is -2.23. The van der Waals surface area contributed by atoms with Crippen molar-refractivity contribution in [2.24, 2.45) is 0 Å². The fraction of sp³-hybridized carbons (Fsp3) is 0.455. The lowest BCUT2D eigenvalue weighted by molar-refractivity contribution is 0.360. The number of thiol groups is 1. The SMILES string of the molecule is CN(CCS)CCc1cccc(F)c1. The van der Waals surface area contributed by atoms with Crippen molar-refractivity contribution in [1.29, 1.82) is 0 Å². The Labute approximate surface area is 90.3 Å². The summed E-state index contributed by atoms with van der Waals surface area (Å²) < 4.78 is 12.8. The van der Waals surface area contributed by atoms with Gasteiger partial charge in [-0.1, -0.05) is 12.1 Å². The zero-order chi connectivity index (χ0) is 10.4. The summed E-state index contributed by atoms with van der Waals surface area (Å²) in [5, 5.41) is 0. The van der Waals surface area contributed by atoms with Gasteiger partial charge in [0, 0.05) is 18.8 Å². The third-order valence-corrected chi connectivity index (χ3v) is 2.35. The van der Waals surface area contributed by atoms with Gasteiger partial charge in [0.1, 0.15) is 5.82 Å². The second-order valence-electron chi connectivity index (χ2n) is 3.41. The first-order valence-electron chi connectivity index (χ1n) is 4.76. The molecule has 0 bridgehead atoms. The largest absolute Gasteiger partial charge is 0.305 e. The van der Waals surface area contributed by atoms with E-state index in [1.807, 2.05) is 6.07 Å². The van der Waals surface area contributed by atoms with E-state index in [0.29, 0.717) is 0 Å². The molecular formula is C11H16FNS. The molecule has 14 heavy (non-hydrogen) atoms. The molecule has 0 spiro atoms. The van der Waals surface area contributed by atoms with Crippen LogP contribution in [0.3, 0.4) is 0 Å². The number of rotatable bonds is 5. The lowest BCUT2D eigenvalue weighted by Gasteiger charge is -2.14. The van der Waals surface area contributed by atoms with E-state index in [2.05, 4.69) is 24.6 Å². The first kappa shape index (κ1) is 11.5. The minimum atomic E-state index is -0.153. The summed E-state index contributed by atoms with van der Waals surface area (Å²) in [6.45, 7) is 1.92. The second-order valence-corrected chi connectivity index (χ2v) is 3.85. The van der Waals surface area contributed by atoms with Crippen LogP contribution in [0.4, 0.5) is 4.39 Å². The summed E-state index contributed by atoms with van der Waals surface area (Å²) in [7, 11) is 2.05. The van der Waals surface area contributed by atoms with Crippen molar-refractivity contribution in [3.63, 3.8) is 0 Å². The molecule has 0 saturated heterocycles. The molecule has 0 fully saturated rings. The Bertz CT molecular complexity index is 278. The van der Waals surface area contributed by atoms with Crippen LogP contribution in [0.25, 0.3) is 0 Å². The van der Waals surface area contributed by atoms with Crippen LogP contribution in [0.5, 0.6) is 0 Å². The van der Waals surface area contributed by atoms with Gasteiger partial charge in [-0.25, -0.2) is 4.39 Å². The van der Waals surface area contributed by atoms with E-state index >= 15 is 0 Å². The van der Waals surface area contributed by atoms with Gasteiger partial charge in [0.25, 0.3) is 0 Å². The maximum atomic E-state index is 12.8. The molecule has 0 heterocycles. The molecule has 0 aromatic heterocycles. The molecule has 0 saturated carbocycles. The highest BCUT2D eigenvalue weighted by atomic mass is 32.1. The Morgan fingerprint density at radius 3 is 2.79 bits per heavy atom. The minimum absolute atomic E-state index is 0.153. The average Bonchev–Trinajstić information content (AvgIpc) is 2.15. The van der Waals surface area contributed by atoms with Crippen molar-refractivity contribution in [3.05, 3.63) is 35.6 Å². The molecule has 1 nitrogen and oxygen atoms in total. The van der Waals surface area contributed by atoms with Crippen LogP contribution in [0.15, 0.2) is 24.3 Å². The highest BCUT2D eigenvalue weighted by Crippen LogP contribution is 2.04. The van der Waals surface area contributed by atoms with Gasteiger partial charge in [-0.15, -0.1) is 0 Å². The maximum Gasteiger partial charge on any atom is 0.123 e. The van der Waals surface area contributed by atoms with E-state index in [-0.39, 0.29) is 5.82 Å².